The minimum Gasteiger partial charge on any atom is -0.332 e. The number of amides is 1. The van der Waals surface area contributed by atoms with Gasteiger partial charge in [-0.3, -0.25) is 4.79 Å². The number of carbonyl (C=O) groups excluding carboxylic acids is 1. The van der Waals surface area contributed by atoms with Gasteiger partial charge in [0.1, 0.15) is 0 Å². The minimum atomic E-state index is -0.0915. The Labute approximate surface area is 70.9 Å². The lowest BCUT2D eigenvalue weighted by Crippen LogP contribution is -2.17. The van der Waals surface area contributed by atoms with E-state index in [0.29, 0.717) is 0 Å². The first kappa shape index (κ1) is 7.10. The molecule has 0 bridgehead atoms. The summed E-state index contributed by atoms with van der Waals surface area (Å²) >= 11 is 0. The SMILES string of the molecule is O=C1NC=CC1c1ccccc1. The van der Waals surface area contributed by atoms with E-state index in [1.165, 1.54) is 0 Å². The summed E-state index contributed by atoms with van der Waals surface area (Å²) in [6.45, 7) is 0. The first-order chi connectivity index (χ1) is 5.88. The molecule has 1 aromatic carbocycles. The van der Waals surface area contributed by atoms with Gasteiger partial charge in [-0.25, -0.2) is 0 Å². The van der Waals surface area contributed by atoms with Crippen LogP contribution in [0.2, 0.25) is 0 Å². The Morgan fingerprint density at radius 3 is 2.50 bits per heavy atom. The van der Waals surface area contributed by atoms with Crippen LogP contribution in [0, 0.1) is 0 Å². The van der Waals surface area contributed by atoms with Crippen molar-refractivity contribution in [2.75, 3.05) is 0 Å². The molecule has 0 aliphatic carbocycles. The van der Waals surface area contributed by atoms with Crippen molar-refractivity contribution in [2.45, 2.75) is 5.92 Å². The highest BCUT2D eigenvalue weighted by atomic mass is 16.2. The Kier molecular flexibility index (Phi) is 1.67. The van der Waals surface area contributed by atoms with E-state index in [4.69, 9.17) is 0 Å². The molecule has 1 N–H and O–H groups in total. The van der Waals surface area contributed by atoms with Crippen molar-refractivity contribution in [2.24, 2.45) is 0 Å². The molecule has 0 saturated heterocycles. The van der Waals surface area contributed by atoms with Gasteiger partial charge in [-0.2, -0.15) is 0 Å². The van der Waals surface area contributed by atoms with Gasteiger partial charge in [0.2, 0.25) is 5.91 Å². The first-order valence-electron chi connectivity index (χ1n) is 3.90. The smallest absolute Gasteiger partial charge is 0.235 e. The molecule has 12 heavy (non-hydrogen) atoms. The van der Waals surface area contributed by atoms with E-state index in [1.54, 1.807) is 6.20 Å². The van der Waals surface area contributed by atoms with Gasteiger partial charge in [-0.05, 0) is 5.56 Å². The van der Waals surface area contributed by atoms with Crippen molar-refractivity contribution in [3.05, 3.63) is 48.2 Å². The molecule has 1 unspecified atom stereocenters. The van der Waals surface area contributed by atoms with Crippen LogP contribution in [0.25, 0.3) is 0 Å². The summed E-state index contributed by atoms with van der Waals surface area (Å²) in [6, 6.07) is 9.74. The third-order valence-corrected chi connectivity index (χ3v) is 1.96. The van der Waals surface area contributed by atoms with E-state index in [9.17, 15) is 4.79 Å². The largest absolute Gasteiger partial charge is 0.332 e. The second-order valence-corrected chi connectivity index (χ2v) is 2.76. The number of nitrogens with one attached hydrogen (secondary N) is 1. The minimum absolute atomic E-state index is 0.0567. The molecule has 0 radical (unpaired) electrons. The highest BCUT2D eigenvalue weighted by Gasteiger charge is 2.19. The van der Waals surface area contributed by atoms with Crippen LogP contribution in [-0.2, 0) is 4.79 Å². The van der Waals surface area contributed by atoms with Crippen molar-refractivity contribution < 1.29 is 4.79 Å². The van der Waals surface area contributed by atoms with Gasteiger partial charge >= 0.3 is 0 Å². The Bertz CT molecular complexity index is 316. The molecule has 1 aliphatic rings. The van der Waals surface area contributed by atoms with Gasteiger partial charge < -0.3 is 5.32 Å². The van der Waals surface area contributed by atoms with E-state index in [1.807, 2.05) is 36.4 Å². The molecule has 1 aliphatic heterocycles. The maximum atomic E-state index is 11.2. The second kappa shape index (κ2) is 2.81. The topological polar surface area (TPSA) is 29.1 Å². The monoisotopic (exact) mass is 159 g/mol. The number of carbonyl (C=O) groups is 1. The summed E-state index contributed by atoms with van der Waals surface area (Å²) in [5.41, 5.74) is 1.05. The van der Waals surface area contributed by atoms with E-state index < -0.39 is 0 Å². The highest BCUT2D eigenvalue weighted by Crippen LogP contribution is 2.19. The molecule has 2 heteroatoms. The zero-order chi connectivity index (χ0) is 8.39. The van der Waals surface area contributed by atoms with Crippen molar-refractivity contribution in [3.63, 3.8) is 0 Å². The summed E-state index contributed by atoms with van der Waals surface area (Å²) in [5, 5.41) is 2.65. The molecule has 1 aromatic rings. The van der Waals surface area contributed by atoms with Crippen LogP contribution in [0.4, 0.5) is 0 Å². The van der Waals surface area contributed by atoms with Crippen LogP contribution in [0.15, 0.2) is 42.6 Å². The predicted molar refractivity (Wildman–Crippen MR) is 46.5 cm³/mol. The molecule has 1 atom stereocenters. The van der Waals surface area contributed by atoms with Gasteiger partial charge in [0, 0.05) is 6.20 Å². The number of benzene rings is 1. The Morgan fingerprint density at radius 2 is 1.92 bits per heavy atom. The van der Waals surface area contributed by atoms with Crippen molar-refractivity contribution >= 4 is 5.91 Å². The van der Waals surface area contributed by atoms with Crippen LogP contribution in [-0.4, -0.2) is 5.91 Å². The zero-order valence-electron chi connectivity index (χ0n) is 6.53. The summed E-state index contributed by atoms with van der Waals surface area (Å²) in [5.74, 6) is -0.0348. The summed E-state index contributed by atoms with van der Waals surface area (Å²) in [6.07, 6.45) is 3.57. The average Bonchev–Trinajstić information content (AvgIpc) is 2.53. The third-order valence-electron chi connectivity index (χ3n) is 1.96. The summed E-state index contributed by atoms with van der Waals surface area (Å²) < 4.78 is 0. The molecule has 1 heterocycles. The Morgan fingerprint density at radius 1 is 1.17 bits per heavy atom. The molecule has 2 nitrogen and oxygen atoms in total. The van der Waals surface area contributed by atoms with E-state index >= 15 is 0 Å². The highest BCUT2D eigenvalue weighted by molar-refractivity contribution is 5.88. The van der Waals surface area contributed by atoms with Crippen molar-refractivity contribution in [3.8, 4) is 0 Å². The van der Waals surface area contributed by atoms with E-state index in [2.05, 4.69) is 5.32 Å². The normalized spacial score (nSPS) is 21.0. The van der Waals surface area contributed by atoms with Crippen molar-refractivity contribution in [1.29, 1.82) is 0 Å². The summed E-state index contributed by atoms with van der Waals surface area (Å²) in [7, 11) is 0. The Hall–Kier alpha value is -1.57. The van der Waals surface area contributed by atoms with E-state index in [0.717, 1.165) is 5.56 Å². The van der Waals surface area contributed by atoms with Gasteiger partial charge in [-0.15, -0.1) is 0 Å². The fourth-order valence-electron chi connectivity index (χ4n) is 1.33. The first-order valence-corrected chi connectivity index (χ1v) is 3.90. The Balaban J connectivity index is 2.31. The predicted octanol–water partition coefficient (Wildman–Crippen LogP) is 1.41. The van der Waals surface area contributed by atoms with Crippen LogP contribution < -0.4 is 5.32 Å². The number of hydrogen-bond acceptors (Lipinski definition) is 1. The van der Waals surface area contributed by atoms with Crippen molar-refractivity contribution in [1.82, 2.24) is 5.32 Å². The van der Waals surface area contributed by atoms with Crippen LogP contribution in [0.1, 0.15) is 11.5 Å². The van der Waals surface area contributed by atoms with Gasteiger partial charge in [-0.1, -0.05) is 36.4 Å². The van der Waals surface area contributed by atoms with E-state index in [-0.39, 0.29) is 11.8 Å². The fourth-order valence-corrected chi connectivity index (χ4v) is 1.33. The molecule has 0 saturated carbocycles. The second-order valence-electron chi connectivity index (χ2n) is 2.76. The maximum absolute atomic E-state index is 11.2. The van der Waals surface area contributed by atoms with Crippen LogP contribution in [0.5, 0.6) is 0 Å². The van der Waals surface area contributed by atoms with Crippen LogP contribution >= 0.6 is 0 Å². The lowest BCUT2D eigenvalue weighted by atomic mass is 10.0. The fraction of sp³-hybridized carbons (Fsp3) is 0.100. The van der Waals surface area contributed by atoms with Gasteiger partial charge in [0.15, 0.2) is 0 Å². The molecule has 1 amide bonds. The lowest BCUT2D eigenvalue weighted by molar-refractivity contribution is -0.119. The molecule has 60 valence electrons. The molecule has 0 spiro atoms. The molecule has 0 fully saturated rings. The molecule has 2 rings (SSSR count). The lowest BCUT2D eigenvalue weighted by Gasteiger charge is -2.04. The van der Waals surface area contributed by atoms with Crippen LogP contribution in [0.3, 0.4) is 0 Å². The number of hydrogen-bond donors (Lipinski definition) is 1. The van der Waals surface area contributed by atoms with Gasteiger partial charge in [0.05, 0.1) is 5.92 Å². The standard InChI is InChI=1S/C10H9NO/c12-10-9(6-7-11-10)8-4-2-1-3-5-8/h1-7,9H,(H,11,12). The number of rotatable bonds is 1. The molecular formula is C10H9NO. The molecular weight excluding hydrogens is 150 g/mol. The quantitative estimate of drug-likeness (QED) is 0.659. The van der Waals surface area contributed by atoms with Gasteiger partial charge in [0.25, 0.3) is 0 Å². The average molecular weight is 159 g/mol. The maximum Gasteiger partial charge on any atom is 0.235 e. The molecule has 0 aromatic heterocycles. The zero-order valence-corrected chi connectivity index (χ0v) is 6.53. The summed E-state index contributed by atoms with van der Waals surface area (Å²) in [4.78, 5) is 11.2. The third kappa shape index (κ3) is 1.11.